The molecule has 0 aromatic carbocycles. The first-order valence-electron chi connectivity index (χ1n) is 8.00. The van der Waals surface area contributed by atoms with Crippen LogP contribution in [-0.4, -0.2) is 37.8 Å². The van der Waals surface area contributed by atoms with Crippen LogP contribution in [-0.2, 0) is 11.2 Å². The molecule has 130 valence electrons. The van der Waals surface area contributed by atoms with Crippen molar-refractivity contribution in [3.63, 3.8) is 0 Å². The van der Waals surface area contributed by atoms with Gasteiger partial charge in [-0.15, -0.1) is 5.10 Å². The third-order valence-electron chi connectivity index (χ3n) is 4.03. The van der Waals surface area contributed by atoms with Crippen LogP contribution in [0, 0.1) is 13.8 Å². The number of aryl methyl sites for hydroxylation is 3. The SMILES string of the molecule is CCCc1nc(-n2ccc3c(C(=O)OC)c(C)nc(C)c3c2=O)n[nH]1. The fraction of sp³-hybridized carbons (Fsp3) is 0.353. The first-order chi connectivity index (χ1) is 12.0. The number of methoxy groups -OCH3 is 1. The third kappa shape index (κ3) is 2.79. The quantitative estimate of drug-likeness (QED) is 0.727. The number of aromatic nitrogens is 5. The van der Waals surface area contributed by atoms with Gasteiger partial charge in [-0.2, -0.15) is 4.98 Å². The lowest BCUT2D eigenvalue weighted by atomic mass is 10.0. The smallest absolute Gasteiger partial charge is 0.340 e. The van der Waals surface area contributed by atoms with Crippen LogP contribution in [0.3, 0.4) is 0 Å². The van der Waals surface area contributed by atoms with E-state index < -0.39 is 5.97 Å². The van der Waals surface area contributed by atoms with Gasteiger partial charge in [0.2, 0.25) is 0 Å². The van der Waals surface area contributed by atoms with Gasteiger partial charge in [0.05, 0.1) is 29.4 Å². The van der Waals surface area contributed by atoms with E-state index >= 15 is 0 Å². The molecule has 0 aliphatic carbocycles. The Morgan fingerprint density at radius 2 is 2.04 bits per heavy atom. The highest BCUT2D eigenvalue weighted by Crippen LogP contribution is 2.22. The van der Waals surface area contributed by atoms with Crippen molar-refractivity contribution in [3.05, 3.63) is 45.4 Å². The van der Waals surface area contributed by atoms with Crippen LogP contribution in [0.25, 0.3) is 16.7 Å². The van der Waals surface area contributed by atoms with Crippen LogP contribution in [0.15, 0.2) is 17.1 Å². The summed E-state index contributed by atoms with van der Waals surface area (Å²) in [4.78, 5) is 33.7. The summed E-state index contributed by atoms with van der Waals surface area (Å²) < 4.78 is 6.18. The number of carbonyl (C=O) groups excluding carboxylic acids is 1. The van der Waals surface area contributed by atoms with E-state index in [0.29, 0.717) is 27.7 Å². The van der Waals surface area contributed by atoms with Crippen molar-refractivity contribution in [3.8, 4) is 5.95 Å². The van der Waals surface area contributed by atoms with Crippen LogP contribution >= 0.6 is 0 Å². The highest BCUT2D eigenvalue weighted by molar-refractivity contribution is 6.05. The number of nitrogens with zero attached hydrogens (tertiary/aromatic N) is 4. The number of hydrogen-bond acceptors (Lipinski definition) is 6. The number of fused-ring (bicyclic) bond motifs is 1. The second kappa shape index (κ2) is 6.46. The molecule has 0 saturated heterocycles. The molecule has 0 fully saturated rings. The number of pyridine rings is 2. The van der Waals surface area contributed by atoms with Crippen LogP contribution in [0.5, 0.6) is 0 Å². The zero-order valence-electron chi connectivity index (χ0n) is 14.6. The molecule has 0 spiro atoms. The van der Waals surface area contributed by atoms with Gasteiger partial charge in [0.25, 0.3) is 11.5 Å². The van der Waals surface area contributed by atoms with Gasteiger partial charge in [-0.05, 0) is 26.3 Å². The molecule has 0 bridgehead atoms. The topological polar surface area (TPSA) is 103 Å². The molecule has 3 aromatic rings. The van der Waals surface area contributed by atoms with Gasteiger partial charge in [-0.3, -0.25) is 19.4 Å². The Hall–Kier alpha value is -3.03. The minimum absolute atomic E-state index is 0.273. The largest absolute Gasteiger partial charge is 0.465 e. The summed E-state index contributed by atoms with van der Waals surface area (Å²) in [5.41, 5.74) is 1.05. The summed E-state index contributed by atoms with van der Waals surface area (Å²) in [5.74, 6) is 0.476. The molecule has 0 radical (unpaired) electrons. The highest BCUT2D eigenvalue weighted by atomic mass is 16.5. The Morgan fingerprint density at radius 1 is 1.28 bits per heavy atom. The number of esters is 1. The van der Waals surface area contributed by atoms with Gasteiger partial charge < -0.3 is 4.74 Å². The molecule has 0 aliphatic heterocycles. The first kappa shape index (κ1) is 16.8. The van der Waals surface area contributed by atoms with Crippen molar-refractivity contribution >= 4 is 16.7 Å². The van der Waals surface area contributed by atoms with Crippen molar-refractivity contribution < 1.29 is 9.53 Å². The Balaban J connectivity index is 2.27. The number of ether oxygens (including phenoxy) is 1. The van der Waals surface area contributed by atoms with Gasteiger partial charge in [0.1, 0.15) is 5.82 Å². The van der Waals surface area contributed by atoms with Crippen LogP contribution < -0.4 is 5.56 Å². The maximum Gasteiger partial charge on any atom is 0.340 e. The first-order valence-corrected chi connectivity index (χ1v) is 8.00. The molecular weight excluding hydrogens is 322 g/mol. The number of aromatic amines is 1. The molecule has 8 heteroatoms. The second-order valence-electron chi connectivity index (χ2n) is 5.76. The molecule has 3 rings (SSSR count). The minimum atomic E-state index is -0.518. The summed E-state index contributed by atoms with van der Waals surface area (Å²) >= 11 is 0. The van der Waals surface area contributed by atoms with Gasteiger partial charge in [0, 0.05) is 18.0 Å². The molecule has 3 heterocycles. The number of carbonyl (C=O) groups is 1. The van der Waals surface area contributed by atoms with Crippen LogP contribution in [0.2, 0.25) is 0 Å². The van der Waals surface area contributed by atoms with E-state index in [1.807, 2.05) is 6.92 Å². The normalized spacial score (nSPS) is 11.0. The van der Waals surface area contributed by atoms with E-state index in [4.69, 9.17) is 4.74 Å². The van der Waals surface area contributed by atoms with Crippen molar-refractivity contribution in [1.29, 1.82) is 0 Å². The molecule has 8 nitrogen and oxygen atoms in total. The number of rotatable bonds is 4. The molecule has 0 aliphatic rings. The molecule has 3 aromatic heterocycles. The van der Waals surface area contributed by atoms with Crippen molar-refractivity contribution in [2.45, 2.75) is 33.6 Å². The second-order valence-corrected chi connectivity index (χ2v) is 5.76. The molecular formula is C17H19N5O3. The van der Waals surface area contributed by atoms with E-state index in [0.717, 1.165) is 18.7 Å². The molecule has 0 amide bonds. The molecule has 0 atom stereocenters. The molecule has 1 N–H and O–H groups in total. The zero-order chi connectivity index (χ0) is 18.1. The maximum atomic E-state index is 13.0. The van der Waals surface area contributed by atoms with Gasteiger partial charge in [0.15, 0.2) is 0 Å². The Labute approximate surface area is 143 Å². The Kier molecular flexibility index (Phi) is 4.35. The summed E-state index contributed by atoms with van der Waals surface area (Å²) in [7, 11) is 1.30. The van der Waals surface area contributed by atoms with Crippen molar-refractivity contribution in [2.24, 2.45) is 0 Å². The summed E-state index contributed by atoms with van der Waals surface area (Å²) in [6.45, 7) is 5.50. The number of H-pyrrole nitrogens is 1. The van der Waals surface area contributed by atoms with Crippen LogP contribution in [0.1, 0.15) is 40.9 Å². The lowest BCUT2D eigenvalue weighted by molar-refractivity contribution is 0.0601. The van der Waals surface area contributed by atoms with Gasteiger partial charge >= 0.3 is 5.97 Å². The predicted octanol–water partition coefficient (Wildman–Crippen LogP) is 1.86. The minimum Gasteiger partial charge on any atom is -0.465 e. The van der Waals surface area contributed by atoms with E-state index in [1.54, 1.807) is 26.1 Å². The highest BCUT2D eigenvalue weighted by Gasteiger charge is 2.20. The van der Waals surface area contributed by atoms with E-state index in [2.05, 4.69) is 20.2 Å². The number of nitrogens with one attached hydrogen (secondary N) is 1. The lowest BCUT2D eigenvalue weighted by Gasteiger charge is -2.11. The average molecular weight is 341 g/mol. The molecule has 0 saturated carbocycles. The van der Waals surface area contributed by atoms with E-state index in [9.17, 15) is 9.59 Å². The average Bonchev–Trinajstić information content (AvgIpc) is 3.03. The van der Waals surface area contributed by atoms with E-state index in [-0.39, 0.29) is 11.5 Å². The fourth-order valence-electron chi connectivity index (χ4n) is 2.91. The predicted molar refractivity (Wildman–Crippen MR) is 92.1 cm³/mol. The number of hydrogen-bond donors (Lipinski definition) is 1. The Morgan fingerprint density at radius 3 is 2.72 bits per heavy atom. The zero-order valence-corrected chi connectivity index (χ0v) is 14.6. The summed E-state index contributed by atoms with van der Waals surface area (Å²) in [6, 6.07) is 1.69. The summed E-state index contributed by atoms with van der Waals surface area (Å²) in [5, 5.41) is 7.81. The molecule has 0 unspecified atom stereocenters. The van der Waals surface area contributed by atoms with Crippen LogP contribution in [0.4, 0.5) is 0 Å². The third-order valence-corrected chi connectivity index (χ3v) is 4.03. The van der Waals surface area contributed by atoms with E-state index in [1.165, 1.54) is 11.7 Å². The standard InChI is InChI=1S/C17H19N5O3/c1-5-6-12-19-17(21-20-12)22-8-7-11-13(15(22)23)9(2)18-10(3)14(11)16(24)25-4/h7-8H,5-6H2,1-4H3,(H,19,20,21). The summed E-state index contributed by atoms with van der Waals surface area (Å²) in [6.07, 6.45) is 3.24. The fourth-order valence-corrected chi connectivity index (χ4v) is 2.91. The maximum absolute atomic E-state index is 13.0. The van der Waals surface area contributed by atoms with Crippen molar-refractivity contribution in [2.75, 3.05) is 7.11 Å². The van der Waals surface area contributed by atoms with Gasteiger partial charge in [-0.1, -0.05) is 6.92 Å². The molecule has 25 heavy (non-hydrogen) atoms. The Bertz CT molecular complexity index is 1020. The monoisotopic (exact) mass is 341 g/mol. The lowest BCUT2D eigenvalue weighted by Crippen LogP contribution is -2.21. The van der Waals surface area contributed by atoms with Gasteiger partial charge in [-0.25, -0.2) is 4.79 Å². The van der Waals surface area contributed by atoms with Crippen molar-refractivity contribution in [1.82, 2.24) is 24.7 Å².